The molecule has 1 aliphatic heterocycles. The first-order chi connectivity index (χ1) is 27.8. The molecule has 7 nitrogen and oxygen atoms in total. The van der Waals surface area contributed by atoms with E-state index in [-0.39, 0.29) is 11.8 Å². The van der Waals surface area contributed by atoms with Crippen molar-refractivity contribution < 1.29 is 19.8 Å². The van der Waals surface area contributed by atoms with Gasteiger partial charge in [0.25, 0.3) is 0 Å². The molecule has 0 bridgehead atoms. The minimum absolute atomic E-state index is 0.0445. The van der Waals surface area contributed by atoms with Crippen LogP contribution in [0.2, 0.25) is 0 Å². The summed E-state index contributed by atoms with van der Waals surface area (Å²) in [4.78, 5) is 30.8. The van der Waals surface area contributed by atoms with Gasteiger partial charge in [-0.3, -0.25) is 14.5 Å². The summed E-state index contributed by atoms with van der Waals surface area (Å²) in [5, 5.41) is 18.4. The third-order valence-corrected chi connectivity index (χ3v) is 12.2. The second kappa shape index (κ2) is 32.2. The Kier molecular flexibility index (Phi) is 28.6. The number of carbonyl (C=O) groups is 2. The van der Waals surface area contributed by atoms with Crippen LogP contribution >= 0.6 is 0 Å². The Labute approximate surface area is 349 Å². The van der Waals surface area contributed by atoms with Gasteiger partial charge in [0, 0.05) is 55.8 Å². The molecule has 4 rings (SSSR count). The van der Waals surface area contributed by atoms with E-state index in [0.29, 0.717) is 19.1 Å². The topological polar surface area (TPSA) is 96.9 Å². The van der Waals surface area contributed by atoms with Gasteiger partial charge in [-0.15, -0.1) is 0 Å². The number of hydrogen-bond donors (Lipinski definition) is 3. The van der Waals surface area contributed by atoms with Crippen molar-refractivity contribution in [3.8, 4) is 0 Å². The molecule has 1 amide bonds. The quantitative estimate of drug-likeness (QED) is 0.0713. The largest absolute Gasteiger partial charge is 0.481 e. The highest BCUT2D eigenvalue weighted by Gasteiger charge is 2.36. The summed E-state index contributed by atoms with van der Waals surface area (Å²) in [6.07, 6.45) is 38.9. The minimum Gasteiger partial charge on any atom is -0.481 e. The van der Waals surface area contributed by atoms with Crippen LogP contribution in [0.15, 0.2) is 30.5 Å². The molecule has 0 spiro atoms. The van der Waals surface area contributed by atoms with Gasteiger partial charge < -0.3 is 20.1 Å². The van der Waals surface area contributed by atoms with E-state index in [2.05, 4.69) is 75.1 Å². The van der Waals surface area contributed by atoms with Crippen molar-refractivity contribution in [3.63, 3.8) is 0 Å². The smallest absolute Gasteiger partial charge is 0.303 e. The Morgan fingerprint density at radius 2 is 1.18 bits per heavy atom. The standard InChI is InChI=1S/C20H25N3O.C15H30O2.C15H32O/c1-4-23(5-2)20(24)14-9-16-15-7-6-8-17-19(15)13(11-21-17)10-18(16)22(3)12-14;1-2-3-4-5-6-7-8-9-10-11-12-13-14-15(16)17;1-2-3-4-5-6-7-8-9-10-11-12-13-14-15-16/h6-9,11,14,18,21H,4-5,10,12H2,1-3H3;2-14H2,1H3,(H,16,17);16H,2-15H2,1H3/t14-,18-;;/m1../s1. The predicted octanol–water partition coefficient (Wildman–Crippen LogP) is 13.1. The number of nitrogens with one attached hydrogen (secondary N) is 1. The van der Waals surface area contributed by atoms with E-state index in [1.54, 1.807) is 0 Å². The maximum absolute atomic E-state index is 12.9. The van der Waals surface area contributed by atoms with Gasteiger partial charge in [-0.05, 0) is 62.9 Å². The maximum Gasteiger partial charge on any atom is 0.303 e. The van der Waals surface area contributed by atoms with Crippen LogP contribution in [-0.4, -0.2) is 76.2 Å². The normalized spacial score (nSPS) is 15.9. The SMILES string of the molecule is CCCCCCCCCCCCCCC(=O)O.CCCCCCCCCCCCCCCO.CCN(CC)C(=O)[C@@H]1C=C2c3cccc4[nH]cc(c34)C[C@H]2N(C)C1. The predicted molar refractivity (Wildman–Crippen MR) is 244 cm³/mol. The third-order valence-electron chi connectivity index (χ3n) is 12.2. The number of aliphatic carboxylic acids is 1. The fourth-order valence-corrected chi connectivity index (χ4v) is 8.62. The first-order valence-electron chi connectivity index (χ1n) is 23.9. The number of H-pyrrole nitrogens is 1. The molecule has 2 atom stereocenters. The number of amides is 1. The second-order valence-corrected chi connectivity index (χ2v) is 16.9. The lowest BCUT2D eigenvalue weighted by atomic mass is 9.79. The van der Waals surface area contributed by atoms with Crippen molar-refractivity contribution in [2.24, 2.45) is 5.92 Å². The van der Waals surface area contributed by atoms with Crippen LogP contribution in [0.5, 0.6) is 0 Å². The fourth-order valence-electron chi connectivity index (χ4n) is 8.62. The highest BCUT2D eigenvalue weighted by Crippen LogP contribution is 2.41. The zero-order valence-electron chi connectivity index (χ0n) is 37.6. The number of aromatic nitrogens is 1. The highest BCUT2D eigenvalue weighted by atomic mass is 16.4. The molecule has 1 aliphatic carbocycles. The molecule has 0 fully saturated rings. The van der Waals surface area contributed by atoms with Crippen LogP contribution in [0.4, 0.5) is 0 Å². The van der Waals surface area contributed by atoms with E-state index in [9.17, 15) is 9.59 Å². The van der Waals surface area contributed by atoms with Gasteiger partial charge in [0.05, 0.1) is 5.92 Å². The molecule has 0 radical (unpaired) electrons. The highest BCUT2D eigenvalue weighted by molar-refractivity contribution is 5.99. The van der Waals surface area contributed by atoms with E-state index in [1.807, 2.05) is 4.90 Å². The minimum atomic E-state index is -0.655. The van der Waals surface area contributed by atoms with Crippen LogP contribution in [-0.2, 0) is 16.0 Å². The number of aliphatic hydroxyl groups excluding tert-OH is 1. The molecule has 0 saturated carbocycles. The van der Waals surface area contributed by atoms with Crippen molar-refractivity contribution in [1.29, 1.82) is 0 Å². The lowest BCUT2D eigenvalue weighted by molar-refractivity contribution is -0.137. The monoisotopic (exact) mass is 794 g/mol. The number of unbranched alkanes of at least 4 members (excludes halogenated alkanes) is 23. The van der Waals surface area contributed by atoms with Crippen LogP contribution in [0.3, 0.4) is 0 Å². The zero-order chi connectivity index (χ0) is 41.5. The molecule has 2 heterocycles. The molecule has 1 aromatic carbocycles. The first-order valence-corrected chi connectivity index (χ1v) is 23.9. The molecule has 3 N–H and O–H groups in total. The van der Waals surface area contributed by atoms with Gasteiger partial charge in [0.2, 0.25) is 5.91 Å². The number of fused-ring (bicyclic) bond motifs is 2. The number of aliphatic hydroxyl groups is 1. The van der Waals surface area contributed by atoms with E-state index in [1.165, 1.54) is 169 Å². The third kappa shape index (κ3) is 20.3. The van der Waals surface area contributed by atoms with Gasteiger partial charge in [-0.1, -0.05) is 180 Å². The van der Waals surface area contributed by atoms with Crippen molar-refractivity contribution in [3.05, 3.63) is 41.6 Å². The number of carbonyl (C=O) groups excluding carboxylic acids is 1. The average molecular weight is 794 g/mol. The maximum atomic E-state index is 12.9. The number of hydrogen-bond acceptors (Lipinski definition) is 4. The number of carboxylic acids is 1. The molecule has 57 heavy (non-hydrogen) atoms. The second-order valence-electron chi connectivity index (χ2n) is 16.9. The van der Waals surface area contributed by atoms with Gasteiger partial charge in [-0.2, -0.15) is 0 Å². The first kappa shape index (κ1) is 50.5. The number of benzene rings is 1. The van der Waals surface area contributed by atoms with Crippen LogP contribution in [0.1, 0.15) is 206 Å². The summed E-state index contributed by atoms with van der Waals surface area (Å²) in [6.45, 7) is 11.4. The Hall–Kier alpha value is -2.64. The number of rotatable bonds is 29. The van der Waals surface area contributed by atoms with Gasteiger partial charge in [0.15, 0.2) is 0 Å². The van der Waals surface area contributed by atoms with E-state index < -0.39 is 5.97 Å². The summed E-state index contributed by atoms with van der Waals surface area (Å²) in [5.41, 5.74) is 5.21. The number of carboxylic acid groups (broad SMARTS) is 1. The lowest BCUT2D eigenvalue weighted by Gasteiger charge is -2.40. The summed E-state index contributed by atoms with van der Waals surface area (Å²) in [7, 11) is 2.15. The van der Waals surface area contributed by atoms with E-state index in [4.69, 9.17) is 10.2 Å². The van der Waals surface area contributed by atoms with Gasteiger partial charge in [0.1, 0.15) is 0 Å². The van der Waals surface area contributed by atoms with Crippen LogP contribution in [0.25, 0.3) is 16.5 Å². The lowest BCUT2D eigenvalue weighted by Crippen LogP contribution is -2.47. The summed E-state index contributed by atoms with van der Waals surface area (Å²) < 4.78 is 0. The average Bonchev–Trinajstić information content (AvgIpc) is 3.63. The summed E-state index contributed by atoms with van der Waals surface area (Å²) >= 11 is 0. The van der Waals surface area contributed by atoms with Crippen LogP contribution in [0, 0.1) is 5.92 Å². The van der Waals surface area contributed by atoms with Crippen molar-refractivity contribution >= 4 is 28.4 Å². The molecule has 2 aliphatic rings. The number of likely N-dealkylation sites (N-methyl/N-ethyl adjacent to an activating group) is 1. The van der Waals surface area contributed by atoms with E-state index >= 15 is 0 Å². The molecule has 1 aromatic heterocycles. The summed E-state index contributed by atoms with van der Waals surface area (Å²) in [6, 6.07) is 6.82. The molecule has 7 heteroatoms. The Morgan fingerprint density at radius 1 is 0.702 bits per heavy atom. The molecular weight excluding hydrogens is 707 g/mol. The Morgan fingerprint density at radius 3 is 1.63 bits per heavy atom. The molecular formula is C50H87N3O4. The molecule has 2 aromatic rings. The van der Waals surface area contributed by atoms with Gasteiger partial charge >= 0.3 is 5.97 Å². The van der Waals surface area contributed by atoms with Gasteiger partial charge in [-0.25, -0.2) is 0 Å². The van der Waals surface area contributed by atoms with Crippen molar-refractivity contribution in [1.82, 2.24) is 14.8 Å². The fraction of sp³-hybridized carbons (Fsp3) is 0.760. The molecule has 0 unspecified atom stereocenters. The van der Waals surface area contributed by atoms with Crippen LogP contribution < -0.4 is 0 Å². The molecule has 0 saturated heterocycles. The summed E-state index contributed by atoms with van der Waals surface area (Å²) in [5.74, 6) is -0.446. The van der Waals surface area contributed by atoms with Crippen molar-refractivity contribution in [2.75, 3.05) is 33.3 Å². The Bertz CT molecular complexity index is 1330. The number of aromatic amines is 1. The van der Waals surface area contributed by atoms with E-state index in [0.717, 1.165) is 45.3 Å². The van der Waals surface area contributed by atoms with Crippen molar-refractivity contribution in [2.45, 2.75) is 207 Å². The zero-order valence-corrected chi connectivity index (χ0v) is 37.6. The number of nitrogens with zero attached hydrogens (tertiary/aromatic N) is 2. The Balaban J connectivity index is 0.000000306. The molecule has 326 valence electrons.